The Labute approximate surface area is 112 Å². The molecule has 3 nitrogen and oxygen atoms in total. The topological polar surface area (TPSA) is 37.4 Å². The van der Waals surface area contributed by atoms with Crippen molar-refractivity contribution in [2.24, 2.45) is 0 Å². The molecule has 0 spiro atoms. The third-order valence-corrected chi connectivity index (χ3v) is 5.70. The van der Waals surface area contributed by atoms with Gasteiger partial charge >= 0.3 is 0 Å². The Hall–Kier alpha value is -0.650. The Kier molecular flexibility index (Phi) is 3.94. The number of hydrogen-bond acceptors (Lipinski definition) is 2. The number of sulfonamides is 1. The molecule has 100 valence electrons. The van der Waals surface area contributed by atoms with E-state index in [9.17, 15) is 12.8 Å². The SMILES string of the molecule is CN(C1CCC1)S(=O)(=O)c1cc(F)ccc1CCl. The van der Waals surface area contributed by atoms with E-state index in [1.54, 1.807) is 7.05 Å². The molecule has 6 heteroatoms. The van der Waals surface area contributed by atoms with Crippen LogP contribution in [0.2, 0.25) is 0 Å². The molecule has 0 radical (unpaired) electrons. The molecule has 0 amide bonds. The Morgan fingerprint density at radius 1 is 1.44 bits per heavy atom. The Morgan fingerprint density at radius 3 is 2.61 bits per heavy atom. The number of halogens is 2. The van der Waals surface area contributed by atoms with Gasteiger partial charge in [0.2, 0.25) is 10.0 Å². The number of benzene rings is 1. The number of rotatable bonds is 4. The molecule has 1 aromatic rings. The van der Waals surface area contributed by atoms with Crippen molar-refractivity contribution in [3.63, 3.8) is 0 Å². The van der Waals surface area contributed by atoms with Crippen LogP contribution in [0.1, 0.15) is 24.8 Å². The van der Waals surface area contributed by atoms with Crippen molar-refractivity contribution in [2.75, 3.05) is 7.05 Å². The molecule has 1 aliphatic rings. The summed E-state index contributed by atoms with van der Waals surface area (Å²) in [6, 6.07) is 3.72. The molecule has 0 atom stereocenters. The van der Waals surface area contributed by atoms with Crippen molar-refractivity contribution in [1.82, 2.24) is 4.31 Å². The molecule has 0 heterocycles. The zero-order valence-electron chi connectivity index (χ0n) is 10.1. The van der Waals surface area contributed by atoms with Gasteiger partial charge in [0.25, 0.3) is 0 Å². The van der Waals surface area contributed by atoms with Crippen LogP contribution in [-0.2, 0) is 15.9 Å². The molecule has 0 saturated heterocycles. The van der Waals surface area contributed by atoms with E-state index in [1.165, 1.54) is 16.4 Å². The van der Waals surface area contributed by atoms with Gasteiger partial charge < -0.3 is 0 Å². The Bertz CT molecular complexity index is 543. The molecular formula is C12H15ClFNO2S. The van der Waals surface area contributed by atoms with Crippen LogP contribution in [-0.4, -0.2) is 25.8 Å². The first-order chi connectivity index (χ1) is 8.46. The summed E-state index contributed by atoms with van der Waals surface area (Å²) in [5.41, 5.74) is 0.434. The van der Waals surface area contributed by atoms with E-state index in [1.807, 2.05) is 0 Å². The third kappa shape index (κ3) is 2.39. The minimum atomic E-state index is -3.66. The predicted molar refractivity (Wildman–Crippen MR) is 68.5 cm³/mol. The molecule has 2 rings (SSSR count). The summed E-state index contributed by atoms with van der Waals surface area (Å²) < 4.78 is 39.4. The van der Waals surface area contributed by atoms with E-state index in [2.05, 4.69) is 0 Å². The van der Waals surface area contributed by atoms with Crippen LogP contribution in [0.25, 0.3) is 0 Å². The molecule has 1 fully saturated rings. The molecule has 0 N–H and O–H groups in total. The van der Waals surface area contributed by atoms with Gasteiger partial charge in [0.15, 0.2) is 0 Å². The minimum Gasteiger partial charge on any atom is -0.207 e. The summed E-state index contributed by atoms with van der Waals surface area (Å²) in [4.78, 5) is -0.0214. The average molecular weight is 292 g/mol. The first-order valence-corrected chi connectivity index (χ1v) is 7.76. The molecule has 1 aliphatic carbocycles. The summed E-state index contributed by atoms with van der Waals surface area (Å²) >= 11 is 5.72. The highest BCUT2D eigenvalue weighted by Gasteiger charge is 2.33. The lowest BCUT2D eigenvalue weighted by Crippen LogP contribution is -2.41. The monoisotopic (exact) mass is 291 g/mol. The Balaban J connectivity index is 2.42. The maximum Gasteiger partial charge on any atom is 0.243 e. The lowest BCUT2D eigenvalue weighted by atomic mass is 9.94. The molecule has 0 bridgehead atoms. The summed E-state index contributed by atoms with van der Waals surface area (Å²) in [7, 11) is -2.11. The van der Waals surface area contributed by atoms with Crippen molar-refractivity contribution in [3.8, 4) is 0 Å². The van der Waals surface area contributed by atoms with E-state index in [0.29, 0.717) is 5.56 Å². The van der Waals surface area contributed by atoms with Gasteiger partial charge in [-0.15, -0.1) is 11.6 Å². The normalized spacial score (nSPS) is 16.9. The van der Waals surface area contributed by atoms with Gasteiger partial charge in [-0.3, -0.25) is 0 Å². The second kappa shape index (κ2) is 5.15. The van der Waals surface area contributed by atoms with Crippen molar-refractivity contribution < 1.29 is 12.8 Å². The van der Waals surface area contributed by atoms with Crippen LogP contribution in [0.4, 0.5) is 4.39 Å². The summed E-state index contributed by atoms with van der Waals surface area (Å²) in [5.74, 6) is -0.516. The number of hydrogen-bond donors (Lipinski definition) is 0. The fourth-order valence-electron chi connectivity index (χ4n) is 1.98. The zero-order valence-corrected chi connectivity index (χ0v) is 11.6. The summed E-state index contributed by atoms with van der Waals surface area (Å²) in [6.07, 6.45) is 2.76. The quantitative estimate of drug-likeness (QED) is 0.800. The average Bonchev–Trinajstić information content (AvgIpc) is 2.26. The van der Waals surface area contributed by atoms with Gasteiger partial charge in [-0.1, -0.05) is 12.5 Å². The zero-order chi connectivity index (χ0) is 13.3. The van der Waals surface area contributed by atoms with Crippen LogP contribution in [0.15, 0.2) is 23.1 Å². The minimum absolute atomic E-state index is 0.0214. The smallest absolute Gasteiger partial charge is 0.207 e. The Morgan fingerprint density at radius 2 is 2.11 bits per heavy atom. The van der Waals surface area contributed by atoms with Crippen LogP contribution in [0.5, 0.6) is 0 Å². The van der Waals surface area contributed by atoms with Gasteiger partial charge in [-0.25, -0.2) is 12.8 Å². The van der Waals surface area contributed by atoms with Crippen molar-refractivity contribution in [3.05, 3.63) is 29.6 Å². The second-order valence-electron chi connectivity index (χ2n) is 4.49. The second-order valence-corrected chi connectivity index (χ2v) is 6.72. The van der Waals surface area contributed by atoms with Gasteiger partial charge in [0.05, 0.1) is 4.90 Å². The van der Waals surface area contributed by atoms with Gasteiger partial charge in [0, 0.05) is 19.0 Å². The van der Waals surface area contributed by atoms with Crippen molar-refractivity contribution in [2.45, 2.75) is 36.1 Å². The molecular weight excluding hydrogens is 277 g/mol. The highest BCUT2D eigenvalue weighted by molar-refractivity contribution is 7.89. The van der Waals surface area contributed by atoms with Gasteiger partial charge in [0.1, 0.15) is 5.82 Å². The molecule has 1 saturated carbocycles. The third-order valence-electron chi connectivity index (χ3n) is 3.42. The summed E-state index contributed by atoms with van der Waals surface area (Å²) in [6.45, 7) is 0. The maximum atomic E-state index is 13.2. The lowest BCUT2D eigenvalue weighted by molar-refractivity contribution is 0.249. The van der Waals surface area contributed by atoms with E-state index in [-0.39, 0.29) is 16.8 Å². The lowest BCUT2D eigenvalue weighted by Gasteiger charge is -2.34. The van der Waals surface area contributed by atoms with Crippen LogP contribution < -0.4 is 0 Å². The number of nitrogens with zero attached hydrogens (tertiary/aromatic N) is 1. The predicted octanol–water partition coefficient (Wildman–Crippen LogP) is 2.74. The van der Waals surface area contributed by atoms with Gasteiger partial charge in [-0.05, 0) is 30.5 Å². The molecule has 1 aromatic carbocycles. The number of alkyl halides is 1. The molecule has 0 aromatic heterocycles. The highest BCUT2D eigenvalue weighted by atomic mass is 35.5. The first-order valence-electron chi connectivity index (χ1n) is 5.79. The first kappa shape index (κ1) is 13.8. The largest absolute Gasteiger partial charge is 0.243 e. The van der Waals surface area contributed by atoms with E-state index < -0.39 is 15.8 Å². The molecule has 0 unspecified atom stereocenters. The fourth-order valence-corrected chi connectivity index (χ4v) is 3.94. The van der Waals surface area contributed by atoms with E-state index in [4.69, 9.17) is 11.6 Å². The van der Waals surface area contributed by atoms with Gasteiger partial charge in [-0.2, -0.15) is 4.31 Å². The molecule has 0 aliphatic heterocycles. The van der Waals surface area contributed by atoms with Crippen molar-refractivity contribution in [1.29, 1.82) is 0 Å². The standard InChI is InChI=1S/C12H15ClFNO2S/c1-15(11-3-2-4-11)18(16,17)12-7-10(14)6-5-9(12)8-13/h5-7,11H,2-4,8H2,1H3. The van der Waals surface area contributed by atoms with Crippen LogP contribution >= 0.6 is 11.6 Å². The van der Waals surface area contributed by atoms with E-state index >= 15 is 0 Å². The fraction of sp³-hybridized carbons (Fsp3) is 0.500. The summed E-state index contributed by atoms with van der Waals surface area (Å²) in [5, 5.41) is 0. The van der Waals surface area contributed by atoms with Crippen LogP contribution in [0.3, 0.4) is 0 Å². The van der Waals surface area contributed by atoms with Crippen LogP contribution in [0, 0.1) is 5.82 Å². The molecule has 18 heavy (non-hydrogen) atoms. The van der Waals surface area contributed by atoms with Crippen molar-refractivity contribution >= 4 is 21.6 Å². The highest BCUT2D eigenvalue weighted by Crippen LogP contribution is 2.30. The van der Waals surface area contributed by atoms with E-state index in [0.717, 1.165) is 25.3 Å². The maximum absolute atomic E-state index is 13.2.